The van der Waals surface area contributed by atoms with E-state index in [-0.39, 0.29) is 27.8 Å². The summed E-state index contributed by atoms with van der Waals surface area (Å²) in [6, 6.07) is 12.2. The fourth-order valence-electron chi connectivity index (χ4n) is 3.75. The number of nitrogens with zero attached hydrogens (tertiary/aromatic N) is 3. The van der Waals surface area contributed by atoms with E-state index in [9.17, 15) is 24.4 Å². The SMILES string of the molecule is CCCCC#Cc1cncc(C(=O)N/N=C/c2cc(/C=N/NC(=O)c3cc(=O)c4cc(I)ccc4o3)cc(B(O)O)c2)c1. The molecule has 0 radical (unpaired) electrons. The van der Waals surface area contributed by atoms with Crippen molar-refractivity contribution in [3.8, 4) is 11.8 Å². The molecule has 0 saturated carbocycles. The number of benzene rings is 2. The van der Waals surface area contributed by atoms with Crippen molar-refractivity contribution < 1.29 is 24.1 Å². The molecule has 0 unspecified atom stereocenters. The lowest BCUT2D eigenvalue weighted by Gasteiger charge is -2.05. The summed E-state index contributed by atoms with van der Waals surface area (Å²) in [4.78, 5) is 41.6. The van der Waals surface area contributed by atoms with Crippen LogP contribution in [0, 0.1) is 15.4 Å². The molecule has 2 heterocycles. The molecule has 0 spiro atoms. The van der Waals surface area contributed by atoms with Gasteiger partial charge in [0.15, 0.2) is 11.2 Å². The number of unbranched alkanes of at least 4 members (excludes halogenated alkanes) is 2. The van der Waals surface area contributed by atoms with E-state index in [4.69, 9.17) is 4.42 Å². The Bertz CT molecular complexity index is 1840. The molecule has 0 fully saturated rings. The first kappa shape index (κ1) is 31.3. The molecule has 0 aliphatic heterocycles. The van der Waals surface area contributed by atoms with Gasteiger partial charge in [-0.1, -0.05) is 37.3 Å². The smallest absolute Gasteiger partial charge is 0.451 e. The molecule has 0 aliphatic rings. The van der Waals surface area contributed by atoms with E-state index in [0.717, 1.165) is 28.9 Å². The van der Waals surface area contributed by atoms with Gasteiger partial charge in [-0.15, -0.1) is 0 Å². The molecule has 0 saturated heterocycles. The molecule has 2 aromatic carbocycles. The molecule has 11 nitrogen and oxygen atoms in total. The Balaban J connectivity index is 1.44. The first-order valence-electron chi connectivity index (χ1n) is 13.1. The summed E-state index contributed by atoms with van der Waals surface area (Å²) in [5, 5.41) is 27.6. The van der Waals surface area contributed by atoms with Crippen LogP contribution in [0.4, 0.5) is 0 Å². The molecule has 13 heteroatoms. The largest absolute Gasteiger partial charge is 0.488 e. The van der Waals surface area contributed by atoms with Gasteiger partial charge in [0.1, 0.15) is 5.58 Å². The van der Waals surface area contributed by atoms with Crippen LogP contribution in [0.2, 0.25) is 0 Å². The summed E-state index contributed by atoms with van der Waals surface area (Å²) < 4.78 is 6.40. The molecule has 2 amide bonds. The summed E-state index contributed by atoms with van der Waals surface area (Å²) in [5.74, 6) is 4.57. The third kappa shape index (κ3) is 8.92. The van der Waals surface area contributed by atoms with Crippen LogP contribution in [-0.2, 0) is 0 Å². The molecular formula is C30H25BIN5O6. The topological polar surface area (TPSA) is 166 Å². The molecular weight excluding hydrogens is 664 g/mol. The number of carbonyl (C=O) groups is 2. The highest BCUT2D eigenvalue weighted by atomic mass is 127. The highest BCUT2D eigenvalue weighted by Gasteiger charge is 2.14. The summed E-state index contributed by atoms with van der Waals surface area (Å²) in [7, 11) is -1.80. The summed E-state index contributed by atoms with van der Waals surface area (Å²) in [5.41, 5.74) is 6.39. The fourth-order valence-corrected chi connectivity index (χ4v) is 4.24. The van der Waals surface area contributed by atoms with Gasteiger partial charge in [0, 0.05) is 34.0 Å². The van der Waals surface area contributed by atoms with Crippen LogP contribution in [0.5, 0.6) is 0 Å². The lowest BCUT2D eigenvalue weighted by atomic mass is 9.79. The molecule has 0 atom stereocenters. The number of hydrazone groups is 2. The van der Waals surface area contributed by atoms with Crippen molar-refractivity contribution in [1.29, 1.82) is 0 Å². The van der Waals surface area contributed by atoms with Crippen LogP contribution in [0.1, 0.15) is 63.8 Å². The number of rotatable bonds is 9. The van der Waals surface area contributed by atoms with Crippen molar-refractivity contribution in [2.24, 2.45) is 10.2 Å². The Morgan fingerprint density at radius 1 is 1.02 bits per heavy atom. The second kappa shape index (κ2) is 15.0. The lowest BCUT2D eigenvalue weighted by Crippen LogP contribution is -2.30. The van der Waals surface area contributed by atoms with Gasteiger partial charge < -0.3 is 14.5 Å². The second-order valence-corrected chi connectivity index (χ2v) is 10.4. The maximum atomic E-state index is 12.6. The summed E-state index contributed by atoms with van der Waals surface area (Å²) >= 11 is 2.07. The number of carbonyl (C=O) groups excluding carboxylic acids is 2. The van der Waals surface area contributed by atoms with E-state index >= 15 is 0 Å². The zero-order valence-corrected chi connectivity index (χ0v) is 25.0. The van der Waals surface area contributed by atoms with Gasteiger partial charge in [0.2, 0.25) is 0 Å². The second-order valence-electron chi connectivity index (χ2n) is 9.19. The number of nitrogens with one attached hydrogen (secondary N) is 2. The third-order valence-corrected chi connectivity index (χ3v) is 6.53. The number of pyridine rings is 1. The summed E-state index contributed by atoms with van der Waals surface area (Å²) in [6.07, 6.45) is 8.36. The molecule has 2 aromatic heterocycles. The van der Waals surface area contributed by atoms with Crippen molar-refractivity contribution in [1.82, 2.24) is 15.8 Å². The molecule has 216 valence electrons. The number of halogens is 1. The van der Waals surface area contributed by atoms with Gasteiger partial charge in [-0.2, -0.15) is 10.2 Å². The van der Waals surface area contributed by atoms with Gasteiger partial charge in [-0.05, 0) is 75.9 Å². The third-order valence-electron chi connectivity index (χ3n) is 5.86. The molecule has 4 rings (SSSR count). The number of hydrogen-bond donors (Lipinski definition) is 4. The number of fused-ring (bicyclic) bond motifs is 1. The number of aromatic nitrogens is 1. The van der Waals surface area contributed by atoms with E-state index in [1.165, 1.54) is 30.8 Å². The Hall–Kier alpha value is -4.65. The van der Waals surface area contributed by atoms with Gasteiger partial charge in [0.25, 0.3) is 5.91 Å². The summed E-state index contributed by atoms with van der Waals surface area (Å²) in [6.45, 7) is 2.09. The van der Waals surface area contributed by atoms with Crippen molar-refractivity contribution >= 4 is 70.4 Å². The van der Waals surface area contributed by atoms with Crippen molar-refractivity contribution in [2.75, 3.05) is 0 Å². The van der Waals surface area contributed by atoms with Crippen LogP contribution in [0.15, 0.2) is 80.3 Å². The van der Waals surface area contributed by atoms with E-state index in [2.05, 4.69) is 67.4 Å². The van der Waals surface area contributed by atoms with Crippen LogP contribution in [0.25, 0.3) is 11.0 Å². The minimum Gasteiger partial charge on any atom is -0.451 e. The minimum atomic E-state index is -1.80. The van der Waals surface area contributed by atoms with Crippen LogP contribution >= 0.6 is 22.6 Å². The lowest BCUT2D eigenvalue weighted by molar-refractivity contribution is 0.0926. The Morgan fingerprint density at radius 2 is 1.74 bits per heavy atom. The first-order chi connectivity index (χ1) is 20.7. The van der Waals surface area contributed by atoms with Crippen LogP contribution < -0.4 is 21.7 Å². The van der Waals surface area contributed by atoms with Crippen molar-refractivity contribution in [3.05, 3.63) is 103 Å². The average Bonchev–Trinajstić information content (AvgIpc) is 2.99. The van der Waals surface area contributed by atoms with Crippen LogP contribution in [0.3, 0.4) is 0 Å². The van der Waals surface area contributed by atoms with Gasteiger partial charge in [0.05, 0.1) is 23.4 Å². The monoisotopic (exact) mass is 689 g/mol. The highest BCUT2D eigenvalue weighted by molar-refractivity contribution is 14.1. The number of amides is 2. The average molecular weight is 689 g/mol. The van der Waals surface area contributed by atoms with Crippen molar-refractivity contribution in [3.63, 3.8) is 0 Å². The zero-order valence-electron chi connectivity index (χ0n) is 22.9. The molecule has 4 aromatic rings. The molecule has 43 heavy (non-hydrogen) atoms. The van der Waals surface area contributed by atoms with Gasteiger partial charge in [-0.25, -0.2) is 10.9 Å². The molecule has 4 N–H and O–H groups in total. The predicted molar refractivity (Wildman–Crippen MR) is 172 cm³/mol. The van der Waals surface area contributed by atoms with E-state index in [0.29, 0.717) is 22.1 Å². The molecule has 0 aliphatic carbocycles. The van der Waals surface area contributed by atoms with E-state index in [1.54, 1.807) is 36.5 Å². The number of hydrogen-bond acceptors (Lipinski definition) is 9. The Kier molecular flexibility index (Phi) is 10.9. The standard InChI is InChI=1S/C30H25BIN5O6/c1-2-3-4-5-6-19-10-22(18-33-15-19)29(39)36-34-16-20-9-21(12-23(11-20)31(41)42)17-35-37-30(40)28-14-26(38)25-13-24(32)7-8-27(25)43-28/h7-18,41-42H,2-4H2,1H3,(H,36,39)(H,37,40)/b34-16+,35-17+. The van der Waals surface area contributed by atoms with Crippen molar-refractivity contribution in [2.45, 2.75) is 26.2 Å². The van der Waals surface area contributed by atoms with E-state index in [1.807, 2.05) is 0 Å². The van der Waals surface area contributed by atoms with Gasteiger partial charge >= 0.3 is 13.0 Å². The maximum absolute atomic E-state index is 12.6. The fraction of sp³-hybridized carbons (Fsp3) is 0.133. The first-order valence-corrected chi connectivity index (χ1v) is 14.2. The maximum Gasteiger partial charge on any atom is 0.488 e. The Morgan fingerprint density at radius 3 is 2.44 bits per heavy atom. The normalized spacial score (nSPS) is 11.0. The predicted octanol–water partition coefficient (Wildman–Crippen LogP) is 2.54. The minimum absolute atomic E-state index is 0.122. The van der Waals surface area contributed by atoms with Gasteiger partial charge in [-0.3, -0.25) is 19.4 Å². The zero-order chi connectivity index (χ0) is 30.8. The molecule has 0 bridgehead atoms. The van der Waals surface area contributed by atoms with E-state index < -0.39 is 18.9 Å². The highest BCUT2D eigenvalue weighted by Crippen LogP contribution is 2.16. The quantitative estimate of drug-likeness (QED) is 0.0524. The van der Waals surface area contributed by atoms with Crippen LogP contribution in [-0.4, -0.2) is 46.4 Å². The Labute approximate surface area is 260 Å².